The Balaban J connectivity index is 1.75. The van der Waals surface area contributed by atoms with Crippen LogP contribution in [0.1, 0.15) is 16.6 Å². The van der Waals surface area contributed by atoms with Crippen LogP contribution in [0, 0.1) is 11.6 Å². The summed E-state index contributed by atoms with van der Waals surface area (Å²) in [5.74, 6) is -1.98. The average Bonchev–Trinajstić information content (AvgIpc) is 3.41. The van der Waals surface area contributed by atoms with E-state index in [4.69, 9.17) is 15.3 Å². The van der Waals surface area contributed by atoms with Crippen molar-refractivity contribution in [3.05, 3.63) is 46.2 Å². The van der Waals surface area contributed by atoms with E-state index in [0.717, 1.165) is 22.1 Å². The molecule has 2 N–H and O–H groups in total. The summed E-state index contributed by atoms with van der Waals surface area (Å²) in [5, 5.41) is 2.92. The molecule has 1 aliphatic rings. The van der Waals surface area contributed by atoms with Crippen LogP contribution in [-0.4, -0.2) is 63.0 Å². The van der Waals surface area contributed by atoms with E-state index < -0.39 is 23.8 Å². The van der Waals surface area contributed by atoms with Gasteiger partial charge < -0.3 is 15.4 Å². The van der Waals surface area contributed by atoms with Crippen molar-refractivity contribution < 1.29 is 27.9 Å². The smallest absolute Gasteiger partial charge is 0.414 e. The quantitative estimate of drug-likeness (QED) is 0.587. The first kappa shape index (κ1) is 22.9. The summed E-state index contributed by atoms with van der Waals surface area (Å²) in [7, 11) is 1.36. The number of ether oxygens (including phenoxy) is 1. The normalized spacial score (nSPS) is 15.8. The maximum atomic E-state index is 14.9. The predicted octanol–water partition coefficient (Wildman–Crippen LogP) is 2.84. The molecule has 0 saturated carbocycles. The van der Waals surface area contributed by atoms with Crippen LogP contribution in [-0.2, 0) is 9.57 Å². The lowest BCUT2D eigenvalue weighted by Crippen LogP contribution is -2.38. The fourth-order valence-electron chi connectivity index (χ4n) is 3.30. The van der Waals surface area contributed by atoms with Gasteiger partial charge in [0.15, 0.2) is 11.6 Å². The highest BCUT2D eigenvalue weighted by Crippen LogP contribution is 2.31. The molecule has 2 amide bonds. The van der Waals surface area contributed by atoms with Gasteiger partial charge in [-0.1, -0.05) is 6.07 Å². The molecule has 2 heterocycles. The topological polar surface area (TPSA) is 88.3 Å². The number of hydrogen-bond donors (Lipinski definition) is 1. The van der Waals surface area contributed by atoms with Gasteiger partial charge in [0.2, 0.25) is 0 Å². The van der Waals surface area contributed by atoms with Crippen LogP contribution in [0.4, 0.5) is 25.0 Å². The Labute approximate surface area is 182 Å². The van der Waals surface area contributed by atoms with Crippen molar-refractivity contribution in [2.24, 2.45) is 5.73 Å². The number of rotatable bonds is 9. The number of hydrogen-bond acceptors (Lipinski definition) is 7. The molecule has 0 bridgehead atoms. The minimum absolute atomic E-state index is 0.0575. The Morgan fingerprint density at radius 2 is 2.06 bits per heavy atom. The average molecular weight is 454 g/mol. The molecule has 0 radical (unpaired) electrons. The molecule has 1 aliphatic heterocycles. The van der Waals surface area contributed by atoms with E-state index in [2.05, 4.69) is 0 Å². The molecule has 1 saturated heterocycles. The lowest BCUT2D eigenvalue weighted by atomic mass is 10.2. The van der Waals surface area contributed by atoms with Crippen molar-refractivity contribution in [3.63, 3.8) is 0 Å². The summed E-state index contributed by atoms with van der Waals surface area (Å²) in [6, 6.07) is 5.60. The van der Waals surface area contributed by atoms with Crippen molar-refractivity contribution in [3.8, 4) is 0 Å². The first-order valence-electron chi connectivity index (χ1n) is 9.71. The van der Waals surface area contributed by atoms with Crippen LogP contribution in [0.15, 0.2) is 29.6 Å². The molecule has 31 heavy (non-hydrogen) atoms. The van der Waals surface area contributed by atoms with Gasteiger partial charge in [-0.05, 0) is 18.4 Å². The van der Waals surface area contributed by atoms with Crippen LogP contribution < -0.4 is 15.5 Å². The number of carbonyl (C=O) groups is 2. The molecular weight excluding hydrogens is 430 g/mol. The Bertz CT molecular complexity index is 905. The Hall–Kier alpha value is -2.76. The first-order valence-corrected chi connectivity index (χ1v) is 10.6. The standard InChI is InChI=1S/C20H24F2N4O4S/c1-3-24(6-7-26(29-2)19(27)17-5-4-8-31-17)18-15(21)9-13(10-16(18)22)25-12-14(11-23)30-20(25)28/h4-5,8-10,14H,3,6-7,11-12,23H2,1-2H3/t14-/m0/s1. The van der Waals surface area contributed by atoms with Gasteiger partial charge in [0.1, 0.15) is 11.8 Å². The van der Waals surface area contributed by atoms with Crippen molar-refractivity contribution in [2.45, 2.75) is 13.0 Å². The number of hydroxylamine groups is 2. The summed E-state index contributed by atoms with van der Waals surface area (Å²) in [5.41, 5.74) is 5.32. The number of anilines is 2. The van der Waals surface area contributed by atoms with E-state index >= 15 is 0 Å². The predicted molar refractivity (Wildman–Crippen MR) is 113 cm³/mol. The van der Waals surface area contributed by atoms with E-state index in [1.165, 1.54) is 23.3 Å². The van der Waals surface area contributed by atoms with Gasteiger partial charge in [0.05, 0.1) is 30.8 Å². The van der Waals surface area contributed by atoms with Crippen LogP contribution in [0.25, 0.3) is 0 Å². The maximum Gasteiger partial charge on any atom is 0.414 e. The van der Waals surface area contributed by atoms with Gasteiger partial charge in [-0.3, -0.25) is 14.5 Å². The molecule has 8 nitrogen and oxygen atoms in total. The molecule has 0 aliphatic carbocycles. The lowest BCUT2D eigenvalue weighted by molar-refractivity contribution is -0.0927. The van der Waals surface area contributed by atoms with Crippen molar-refractivity contribution in [1.82, 2.24) is 5.06 Å². The van der Waals surface area contributed by atoms with E-state index in [1.807, 2.05) is 0 Å². The first-order chi connectivity index (χ1) is 14.9. The number of nitrogens with zero attached hydrogens (tertiary/aromatic N) is 3. The van der Waals surface area contributed by atoms with Gasteiger partial charge in [-0.15, -0.1) is 11.3 Å². The van der Waals surface area contributed by atoms with E-state index in [9.17, 15) is 18.4 Å². The number of amides is 2. The maximum absolute atomic E-state index is 14.9. The zero-order valence-electron chi connectivity index (χ0n) is 17.2. The molecule has 1 atom stereocenters. The number of carbonyl (C=O) groups excluding carboxylic acids is 2. The number of thiophene rings is 1. The van der Waals surface area contributed by atoms with Gasteiger partial charge in [0, 0.05) is 31.8 Å². The molecule has 3 rings (SSSR count). The second-order valence-electron chi connectivity index (χ2n) is 6.76. The number of benzene rings is 1. The highest BCUT2D eigenvalue weighted by molar-refractivity contribution is 7.12. The number of likely N-dealkylation sites (N-methyl/N-ethyl adjacent to an activating group) is 1. The van der Waals surface area contributed by atoms with Gasteiger partial charge in [-0.2, -0.15) is 0 Å². The third-order valence-electron chi connectivity index (χ3n) is 4.90. The third-order valence-corrected chi connectivity index (χ3v) is 5.76. The van der Waals surface area contributed by atoms with Crippen molar-refractivity contribution >= 4 is 34.7 Å². The Morgan fingerprint density at radius 3 is 2.58 bits per heavy atom. The summed E-state index contributed by atoms with van der Waals surface area (Å²) < 4.78 is 34.8. The summed E-state index contributed by atoms with van der Waals surface area (Å²) in [4.78, 5) is 32.7. The van der Waals surface area contributed by atoms with Crippen molar-refractivity contribution in [2.75, 3.05) is 49.6 Å². The fourth-order valence-corrected chi connectivity index (χ4v) is 3.97. The van der Waals surface area contributed by atoms with Crippen LogP contribution in [0.2, 0.25) is 0 Å². The molecule has 0 unspecified atom stereocenters. The second-order valence-corrected chi connectivity index (χ2v) is 7.70. The Kier molecular flexibility index (Phi) is 7.42. The van der Waals surface area contributed by atoms with Gasteiger partial charge in [-0.25, -0.2) is 18.6 Å². The van der Waals surface area contributed by atoms with E-state index in [1.54, 1.807) is 24.4 Å². The summed E-state index contributed by atoms with van der Waals surface area (Å²) in [6.07, 6.45) is -1.22. The fraction of sp³-hybridized carbons (Fsp3) is 0.400. The Morgan fingerprint density at radius 1 is 1.35 bits per heavy atom. The largest absolute Gasteiger partial charge is 0.443 e. The summed E-state index contributed by atoms with van der Waals surface area (Å²) in [6.45, 7) is 2.51. The van der Waals surface area contributed by atoms with Gasteiger partial charge in [0.25, 0.3) is 5.91 Å². The minimum Gasteiger partial charge on any atom is -0.443 e. The second kappa shape index (κ2) is 10.0. The van der Waals surface area contributed by atoms with Crippen LogP contribution in [0.5, 0.6) is 0 Å². The van der Waals surface area contributed by atoms with Crippen LogP contribution >= 0.6 is 11.3 Å². The molecule has 1 aromatic heterocycles. The number of cyclic esters (lactones) is 1. The molecule has 2 aromatic rings. The molecule has 1 aromatic carbocycles. The van der Waals surface area contributed by atoms with Crippen molar-refractivity contribution in [1.29, 1.82) is 0 Å². The zero-order chi connectivity index (χ0) is 22.5. The van der Waals surface area contributed by atoms with E-state index in [0.29, 0.717) is 11.4 Å². The zero-order valence-corrected chi connectivity index (χ0v) is 18.0. The number of nitrogens with two attached hydrogens (primary N) is 1. The third kappa shape index (κ3) is 4.94. The molecular formula is C20H24F2N4O4S. The molecule has 0 spiro atoms. The van der Waals surface area contributed by atoms with E-state index in [-0.39, 0.29) is 43.5 Å². The highest BCUT2D eigenvalue weighted by atomic mass is 32.1. The lowest BCUT2D eigenvalue weighted by Gasteiger charge is -2.28. The minimum atomic E-state index is -0.825. The molecule has 168 valence electrons. The monoisotopic (exact) mass is 454 g/mol. The van der Waals surface area contributed by atoms with Gasteiger partial charge >= 0.3 is 6.09 Å². The molecule has 11 heteroatoms. The number of halogens is 2. The molecule has 1 fully saturated rings. The summed E-state index contributed by atoms with van der Waals surface area (Å²) >= 11 is 1.28. The highest BCUT2D eigenvalue weighted by Gasteiger charge is 2.33. The SMILES string of the molecule is CCN(CCN(OC)C(=O)c1cccs1)c1c(F)cc(N2C[C@H](CN)OC2=O)cc1F. The van der Waals surface area contributed by atoms with Crippen LogP contribution in [0.3, 0.4) is 0 Å².